The summed E-state index contributed by atoms with van der Waals surface area (Å²) < 4.78 is 107. The Morgan fingerprint density at radius 2 is 1.65 bits per heavy atom. The molecule has 0 saturated carbocycles. The summed E-state index contributed by atoms with van der Waals surface area (Å²) in [6.45, 7) is -2.29. The molecule has 1 aromatic carbocycles. The average Bonchev–Trinajstić information content (AvgIpc) is 2.99. The third kappa shape index (κ3) is 3.35. The molecule has 0 atom stereocenters. The third-order valence-electron chi connectivity index (χ3n) is 3.13. The van der Waals surface area contributed by atoms with Crippen LogP contribution >= 0.6 is 0 Å². The summed E-state index contributed by atoms with van der Waals surface area (Å²) >= 11 is 0. The van der Waals surface area contributed by atoms with Gasteiger partial charge < -0.3 is 4.74 Å². The van der Waals surface area contributed by atoms with E-state index in [-0.39, 0.29) is 5.69 Å². The van der Waals surface area contributed by atoms with Crippen molar-refractivity contribution in [3.63, 3.8) is 0 Å². The maximum atomic E-state index is 13.3. The molecule has 0 aliphatic rings. The number of halogens is 8. The number of hydrogen-bond acceptors (Lipinski definition) is 4. The Balaban J connectivity index is 2.12. The lowest BCUT2D eigenvalue weighted by Crippen LogP contribution is -2.59. The van der Waals surface area contributed by atoms with Crippen molar-refractivity contribution in [1.29, 1.82) is 0 Å². The molecule has 0 saturated heterocycles. The van der Waals surface area contributed by atoms with Gasteiger partial charge in [0.2, 0.25) is 0 Å². The highest BCUT2D eigenvalue weighted by Gasteiger charge is 2.75. The van der Waals surface area contributed by atoms with Crippen LogP contribution in [0.25, 0.3) is 5.69 Å². The second-order valence-electron chi connectivity index (χ2n) is 4.90. The second kappa shape index (κ2) is 6.57. The van der Waals surface area contributed by atoms with E-state index in [0.717, 1.165) is 28.9 Å². The number of alkyl halides is 8. The van der Waals surface area contributed by atoms with Crippen molar-refractivity contribution in [3.05, 3.63) is 34.7 Å². The van der Waals surface area contributed by atoms with Gasteiger partial charge in [0.25, 0.3) is 0 Å². The van der Waals surface area contributed by atoms with Crippen LogP contribution in [0.15, 0.2) is 29.1 Å². The molecule has 0 fully saturated rings. The van der Waals surface area contributed by atoms with Crippen LogP contribution in [0.4, 0.5) is 35.1 Å². The van der Waals surface area contributed by atoms with Gasteiger partial charge in [0, 0.05) is 0 Å². The van der Waals surface area contributed by atoms with E-state index in [9.17, 15) is 39.9 Å². The van der Waals surface area contributed by atoms with Gasteiger partial charge in [0.05, 0.1) is 5.69 Å². The molecular formula is C12H8F8N4O2. The highest BCUT2D eigenvalue weighted by molar-refractivity contribution is 5.36. The molecule has 0 aliphatic heterocycles. The minimum absolute atomic E-state index is 0.0948. The Labute approximate surface area is 138 Å². The van der Waals surface area contributed by atoms with E-state index >= 15 is 0 Å². The predicted octanol–water partition coefficient (Wildman–Crippen LogP) is 2.51. The molecule has 0 unspecified atom stereocenters. The van der Waals surface area contributed by atoms with Crippen molar-refractivity contribution in [1.82, 2.24) is 20.2 Å². The zero-order chi connectivity index (χ0) is 19.8. The fourth-order valence-electron chi connectivity index (χ4n) is 1.70. The minimum Gasteiger partial charge on any atom is -0.487 e. The number of aromatic nitrogens is 4. The van der Waals surface area contributed by atoms with Crippen molar-refractivity contribution in [2.45, 2.75) is 24.2 Å². The maximum absolute atomic E-state index is 13.3. The first kappa shape index (κ1) is 19.7. The first-order chi connectivity index (χ1) is 11.9. The van der Waals surface area contributed by atoms with E-state index in [1.807, 2.05) is 5.10 Å². The molecule has 0 amide bonds. The Bertz CT molecular complexity index is 802. The molecule has 26 heavy (non-hydrogen) atoms. The van der Waals surface area contributed by atoms with Crippen molar-refractivity contribution in [2.75, 3.05) is 6.61 Å². The van der Waals surface area contributed by atoms with Crippen LogP contribution in [0.2, 0.25) is 0 Å². The first-order valence-corrected chi connectivity index (χ1v) is 6.55. The van der Waals surface area contributed by atoms with E-state index in [1.54, 1.807) is 0 Å². The van der Waals surface area contributed by atoms with Gasteiger partial charge in [-0.3, -0.25) is 0 Å². The molecule has 1 N–H and O–H groups in total. The number of tetrazole rings is 1. The van der Waals surface area contributed by atoms with Crippen LogP contribution < -0.4 is 10.4 Å². The molecule has 2 rings (SSSR count). The van der Waals surface area contributed by atoms with Gasteiger partial charge in [-0.25, -0.2) is 18.7 Å². The quantitative estimate of drug-likeness (QED) is 0.735. The molecule has 1 heterocycles. The van der Waals surface area contributed by atoms with Crippen molar-refractivity contribution >= 4 is 0 Å². The first-order valence-electron chi connectivity index (χ1n) is 6.55. The molecule has 2 aromatic rings. The van der Waals surface area contributed by atoms with Crippen molar-refractivity contribution in [3.8, 4) is 11.4 Å². The summed E-state index contributed by atoms with van der Waals surface area (Å²) in [7, 11) is 0. The minimum atomic E-state index is -6.35. The normalized spacial score (nSPS) is 13.3. The SMILES string of the molecule is O=c1[nH]nnn1-c1ccc(OCC(F)(F)C(F)(F)C(F)(F)C(F)F)cc1. The van der Waals surface area contributed by atoms with Gasteiger partial charge in [-0.15, -0.1) is 0 Å². The fraction of sp³-hybridized carbons (Fsp3) is 0.417. The summed E-state index contributed by atoms with van der Waals surface area (Å²) in [5.74, 6) is -18.7. The summed E-state index contributed by atoms with van der Waals surface area (Å²) in [6, 6.07) is 4.08. The molecule has 144 valence electrons. The lowest BCUT2D eigenvalue weighted by molar-refractivity contribution is -0.342. The zero-order valence-electron chi connectivity index (χ0n) is 12.3. The molecule has 14 heteroatoms. The topological polar surface area (TPSA) is 72.8 Å². The van der Waals surface area contributed by atoms with E-state index < -0.39 is 42.2 Å². The second-order valence-corrected chi connectivity index (χ2v) is 4.90. The van der Waals surface area contributed by atoms with Gasteiger partial charge in [-0.05, 0) is 34.7 Å². The molecule has 0 aliphatic carbocycles. The van der Waals surface area contributed by atoms with Gasteiger partial charge in [0.15, 0.2) is 6.61 Å². The van der Waals surface area contributed by atoms with Gasteiger partial charge >= 0.3 is 29.9 Å². The lowest BCUT2D eigenvalue weighted by Gasteiger charge is -2.31. The van der Waals surface area contributed by atoms with Gasteiger partial charge in [0.1, 0.15) is 5.75 Å². The van der Waals surface area contributed by atoms with Crippen LogP contribution in [-0.2, 0) is 0 Å². The third-order valence-corrected chi connectivity index (χ3v) is 3.13. The molecule has 6 nitrogen and oxygen atoms in total. The molecule has 1 aromatic heterocycles. The van der Waals surface area contributed by atoms with Crippen LogP contribution in [-0.4, -0.2) is 51.0 Å². The van der Waals surface area contributed by atoms with Crippen molar-refractivity contribution in [2.24, 2.45) is 0 Å². The standard InChI is InChI=1S/C12H8F8N4O2/c13-8(14)11(17,18)12(19,20)10(15,16)5-26-7-3-1-6(2-4-7)24-9(25)21-22-23-24/h1-4,8H,5H2,(H,21,23,25). The molecule has 0 spiro atoms. The Hall–Kier alpha value is -2.67. The number of rotatable bonds is 7. The number of nitrogens with one attached hydrogen (secondary N) is 1. The highest BCUT2D eigenvalue weighted by Crippen LogP contribution is 2.48. The zero-order valence-corrected chi connectivity index (χ0v) is 12.3. The van der Waals surface area contributed by atoms with E-state index in [4.69, 9.17) is 0 Å². The fourth-order valence-corrected chi connectivity index (χ4v) is 1.70. The summed E-state index contributed by atoms with van der Waals surface area (Å²) in [4.78, 5) is 11.3. The van der Waals surface area contributed by atoms with E-state index in [0.29, 0.717) is 0 Å². The number of nitrogens with zero attached hydrogens (tertiary/aromatic N) is 3. The van der Waals surface area contributed by atoms with Crippen LogP contribution in [0.1, 0.15) is 0 Å². The Kier molecular flexibility index (Phi) is 4.96. The molecular weight excluding hydrogens is 384 g/mol. The number of H-pyrrole nitrogens is 1. The predicted molar refractivity (Wildman–Crippen MR) is 68.3 cm³/mol. The summed E-state index contributed by atoms with van der Waals surface area (Å²) in [5, 5.41) is 8.51. The molecule has 0 bridgehead atoms. The van der Waals surface area contributed by atoms with Crippen molar-refractivity contribution < 1.29 is 39.9 Å². The van der Waals surface area contributed by atoms with Crippen LogP contribution in [0.3, 0.4) is 0 Å². The van der Waals surface area contributed by atoms with Crippen LogP contribution in [0, 0.1) is 0 Å². The smallest absolute Gasteiger partial charge is 0.381 e. The highest BCUT2D eigenvalue weighted by atomic mass is 19.4. The average molecular weight is 392 g/mol. The monoisotopic (exact) mass is 392 g/mol. The van der Waals surface area contributed by atoms with E-state index in [2.05, 4.69) is 15.2 Å². The number of aromatic amines is 1. The summed E-state index contributed by atoms with van der Waals surface area (Å²) in [6.07, 6.45) is -5.00. The van der Waals surface area contributed by atoms with Gasteiger partial charge in [-0.2, -0.15) is 31.0 Å². The van der Waals surface area contributed by atoms with E-state index in [1.165, 1.54) is 0 Å². The van der Waals surface area contributed by atoms with Gasteiger partial charge in [-0.1, -0.05) is 0 Å². The molecule has 0 radical (unpaired) electrons. The maximum Gasteiger partial charge on any atom is 0.381 e. The Morgan fingerprint density at radius 1 is 1.08 bits per heavy atom. The number of hydrogen-bond donors (Lipinski definition) is 1. The Morgan fingerprint density at radius 3 is 2.12 bits per heavy atom. The van der Waals surface area contributed by atoms with Crippen LogP contribution in [0.5, 0.6) is 5.75 Å². The number of benzene rings is 1. The number of ether oxygens (including phenoxy) is 1. The largest absolute Gasteiger partial charge is 0.487 e. The lowest BCUT2D eigenvalue weighted by atomic mass is 10.1. The summed E-state index contributed by atoms with van der Waals surface area (Å²) in [5.41, 5.74) is -0.642.